The summed E-state index contributed by atoms with van der Waals surface area (Å²) >= 11 is 0. The van der Waals surface area contributed by atoms with E-state index in [1.807, 2.05) is 13.8 Å². The van der Waals surface area contributed by atoms with Gasteiger partial charge in [-0.1, -0.05) is 13.8 Å². The van der Waals surface area contributed by atoms with Crippen LogP contribution in [0.2, 0.25) is 0 Å². The normalized spacial score (nSPS) is 11.5. The molecular weight excluding hydrogens is 340 g/mol. The molecule has 2 amide bonds. The van der Waals surface area contributed by atoms with Crippen LogP contribution in [0.4, 0.5) is 28.0 Å². The SMILES string of the molecule is CC(C)CNC(=O)Nc1ccc(-c2cncc(F)c2)nc1C(F)(F)F. The van der Waals surface area contributed by atoms with Crippen LogP contribution in [0.3, 0.4) is 0 Å². The summed E-state index contributed by atoms with van der Waals surface area (Å²) in [7, 11) is 0. The molecule has 25 heavy (non-hydrogen) atoms. The summed E-state index contributed by atoms with van der Waals surface area (Å²) < 4.78 is 53.0. The summed E-state index contributed by atoms with van der Waals surface area (Å²) in [6.45, 7) is 4.02. The predicted molar refractivity (Wildman–Crippen MR) is 84.3 cm³/mol. The first-order chi connectivity index (χ1) is 11.7. The van der Waals surface area contributed by atoms with Gasteiger partial charge in [-0.05, 0) is 24.1 Å². The molecule has 0 spiro atoms. The second kappa shape index (κ2) is 7.45. The smallest absolute Gasteiger partial charge is 0.338 e. The largest absolute Gasteiger partial charge is 0.435 e. The second-order valence-corrected chi connectivity index (χ2v) is 5.71. The van der Waals surface area contributed by atoms with Crippen molar-refractivity contribution >= 4 is 11.7 Å². The Hall–Kier alpha value is -2.71. The van der Waals surface area contributed by atoms with E-state index in [-0.39, 0.29) is 17.2 Å². The molecule has 0 bridgehead atoms. The fraction of sp³-hybridized carbons (Fsp3) is 0.312. The van der Waals surface area contributed by atoms with Crippen molar-refractivity contribution in [2.45, 2.75) is 20.0 Å². The molecule has 0 aromatic carbocycles. The molecule has 2 N–H and O–H groups in total. The summed E-state index contributed by atoms with van der Waals surface area (Å²) in [4.78, 5) is 18.8. The molecule has 0 saturated heterocycles. The van der Waals surface area contributed by atoms with Gasteiger partial charge in [0.2, 0.25) is 0 Å². The Morgan fingerprint density at radius 1 is 1.24 bits per heavy atom. The van der Waals surface area contributed by atoms with Crippen LogP contribution in [0.1, 0.15) is 19.5 Å². The van der Waals surface area contributed by atoms with Crippen molar-refractivity contribution in [3.63, 3.8) is 0 Å². The number of urea groups is 1. The van der Waals surface area contributed by atoms with E-state index < -0.39 is 29.4 Å². The standard InChI is InChI=1S/C16H16F4N4O/c1-9(2)6-22-15(25)24-13-4-3-12(23-14(13)16(18,19)20)10-5-11(17)8-21-7-10/h3-5,7-9H,6H2,1-2H3,(H2,22,24,25). The fourth-order valence-electron chi connectivity index (χ4n) is 1.95. The Kier molecular flexibility index (Phi) is 5.55. The molecule has 0 aliphatic carbocycles. The highest BCUT2D eigenvalue weighted by Gasteiger charge is 2.36. The Balaban J connectivity index is 2.33. The number of anilines is 1. The van der Waals surface area contributed by atoms with Crippen molar-refractivity contribution in [1.82, 2.24) is 15.3 Å². The van der Waals surface area contributed by atoms with Crippen molar-refractivity contribution in [2.75, 3.05) is 11.9 Å². The maximum Gasteiger partial charge on any atom is 0.435 e. The van der Waals surface area contributed by atoms with E-state index in [2.05, 4.69) is 20.6 Å². The number of hydrogen-bond donors (Lipinski definition) is 2. The third kappa shape index (κ3) is 5.13. The number of aromatic nitrogens is 2. The molecule has 2 rings (SSSR count). The van der Waals surface area contributed by atoms with Crippen molar-refractivity contribution in [3.8, 4) is 11.3 Å². The van der Waals surface area contributed by atoms with E-state index in [0.29, 0.717) is 6.54 Å². The van der Waals surface area contributed by atoms with Gasteiger partial charge in [0.05, 0.1) is 17.6 Å². The van der Waals surface area contributed by atoms with Crippen molar-refractivity contribution in [1.29, 1.82) is 0 Å². The zero-order valence-electron chi connectivity index (χ0n) is 13.5. The lowest BCUT2D eigenvalue weighted by Crippen LogP contribution is -2.32. The number of carbonyl (C=O) groups is 1. The van der Waals surface area contributed by atoms with E-state index in [9.17, 15) is 22.4 Å². The summed E-state index contributed by atoms with van der Waals surface area (Å²) in [5.41, 5.74) is -1.76. The molecule has 0 aliphatic heterocycles. The van der Waals surface area contributed by atoms with Crippen molar-refractivity contribution in [3.05, 3.63) is 42.1 Å². The highest BCUT2D eigenvalue weighted by molar-refractivity contribution is 5.90. The first-order valence-corrected chi connectivity index (χ1v) is 7.41. The Labute approximate surface area is 141 Å². The van der Waals surface area contributed by atoms with Crippen molar-refractivity contribution < 1.29 is 22.4 Å². The molecule has 2 aromatic heterocycles. The molecule has 0 atom stereocenters. The van der Waals surface area contributed by atoms with E-state index in [1.54, 1.807) is 0 Å². The Morgan fingerprint density at radius 2 is 1.96 bits per heavy atom. The van der Waals surface area contributed by atoms with Crippen LogP contribution in [0, 0.1) is 11.7 Å². The van der Waals surface area contributed by atoms with Crippen molar-refractivity contribution in [2.24, 2.45) is 5.92 Å². The summed E-state index contributed by atoms with van der Waals surface area (Å²) in [5.74, 6) is -0.545. The number of amides is 2. The summed E-state index contributed by atoms with van der Waals surface area (Å²) in [6.07, 6.45) is -2.66. The van der Waals surface area contributed by atoms with Crippen LogP contribution >= 0.6 is 0 Å². The lowest BCUT2D eigenvalue weighted by molar-refractivity contribution is -0.140. The molecular formula is C16H16F4N4O. The van der Waals surface area contributed by atoms with Crippen LogP contribution in [0.15, 0.2) is 30.6 Å². The number of carbonyl (C=O) groups excluding carboxylic acids is 1. The van der Waals surface area contributed by atoms with Gasteiger partial charge >= 0.3 is 12.2 Å². The van der Waals surface area contributed by atoms with Gasteiger partial charge in [0.15, 0.2) is 5.69 Å². The quantitative estimate of drug-likeness (QED) is 0.811. The minimum absolute atomic E-state index is 0.0984. The Morgan fingerprint density at radius 3 is 2.56 bits per heavy atom. The second-order valence-electron chi connectivity index (χ2n) is 5.71. The Bertz CT molecular complexity index is 762. The number of alkyl halides is 3. The summed E-state index contributed by atoms with van der Waals surface area (Å²) in [5, 5.41) is 4.60. The van der Waals surface area contributed by atoms with E-state index in [0.717, 1.165) is 18.3 Å². The lowest BCUT2D eigenvalue weighted by Gasteiger charge is -2.15. The average molecular weight is 356 g/mol. The van der Waals surface area contributed by atoms with Crippen LogP contribution < -0.4 is 10.6 Å². The molecule has 0 saturated carbocycles. The number of rotatable bonds is 4. The zero-order chi connectivity index (χ0) is 18.6. The maximum atomic E-state index is 13.3. The van der Waals surface area contributed by atoms with Gasteiger partial charge in [0.1, 0.15) is 5.82 Å². The van der Waals surface area contributed by atoms with E-state index >= 15 is 0 Å². The number of nitrogens with one attached hydrogen (secondary N) is 2. The molecule has 0 unspecified atom stereocenters. The zero-order valence-corrected chi connectivity index (χ0v) is 13.5. The first-order valence-electron chi connectivity index (χ1n) is 7.41. The monoisotopic (exact) mass is 356 g/mol. The van der Waals surface area contributed by atoms with Crippen LogP contribution in [0.5, 0.6) is 0 Å². The van der Waals surface area contributed by atoms with Crippen LogP contribution in [-0.4, -0.2) is 22.5 Å². The molecule has 2 aromatic rings. The highest BCUT2D eigenvalue weighted by Crippen LogP contribution is 2.35. The molecule has 0 fully saturated rings. The highest BCUT2D eigenvalue weighted by atomic mass is 19.4. The molecule has 0 radical (unpaired) electrons. The van der Waals surface area contributed by atoms with E-state index in [1.165, 1.54) is 12.3 Å². The summed E-state index contributed by atoms with van der Waals surface area (Å²) in [6, 6.07) is 2.59. The predicted octanol–water partition coefficient (Wildman–Crippen LogP) is 4.08. The van der Waals surface area contributed by atoms with Gasteiger partial charge in [-0.3, -0.25) is 4.98 Å². The van der Waals surface area contributed by atoms with Gasteiger partial charge in [-0.2, -0.15) is 13.2 Å². The molecule has 0 aliphatic rings. The minimum Gasteiger partial charge on any atom is -0.338 e. The lowest BCUT2D eigenvalue weighted by atomic mass is 10.1. The van der Waals surface area contributed by atoms with Gasteiger partial charge in [0, 0.05) is 18.3 Å². The first kappa shape index (κ1) is 18.6. The maximum absolute atomic E-state index is 13.3. The average Bonchev–Trinajstić information content (AvgIpc) is 2.52. The molecule has 2 heterocycles. The number of hydrogen-bond acceptors (Lipinski definition) is 3. The van der Waals surface area contributed by atoms with E-state index in [4.69, 9.17) is 0 Å². The third-order valence-corrected chi connectivity index (χ3v) is 3.08. The minimum atomic E-state index is -4.79. The number of nitrogens with zero attached hydrogens (tertiary/aromatic N) is 2. The number of pyridine rings is 2. The van der Waals surface area contributed by atoms with Gasteiger partial charge in [0.25, 0.3) is 0 Å². The van der Waals surface area contributed by atoms with Gasteiger partial charge < -0.3 is 10.6 Å². The third-order valence-electron chi connectivity index (χ3n) is 3.08. The number of halogens is 4. The molecule has 134 valence electrons. The van der Waals surface area contributed by atoms with Gasteiger partial charge in [-0.15, -0.1) is 0 Å². The van der Waals surface area contributed by atoms with Crippen LogP contribution in [0.25, 0.3) is 11.3 Å². The molecule has 5 nitrogen and oxygen atoms in total. The van der Waals surface area contributed by atoms with Crippen LogP contribution in [-0.2, 0) is 6.18 Å². The van der Waals surface area contributed by atoms with Gasteiger partial charge in [-0.25, -0.2) is 14.2 Å². The topological polar surface area (TPSA) is 66.9 Å². The molecule has 9 heteroatoms. The fourth-order valence-corrected chi connectivity index (χ4v) is 1.95.